The normalized spacial score (nSPS) is 6.27. The first kappa shape index (κ1) is 17.0. The fraction of sp³-hybridized carbons (Fsp3) is 0.167. The number of hydrogen-bond acceptors (Lipinski definition) is 3. The third-order valence-corrected chi connectivity index (χ3v) is 0.457. The number of rotatable bonds is 2. The first-order chi connectivity index (χ1) is 4.66. The van der Waals surface area contributed by atoms with Crippen LogP contribution < -0.4 is 0 Å². The van der Waals surface area contributed by atoms with Crippen LogP contribution in [-0.2, 0) is 47.0 Å². The van der Waals surface area contributed by atoms with E-state index in [1.54, 1.807) is 0 Å². The Hall–Kier alpha value is -0.216. The van der Waals surface area contributed by atoms with Crippen molar-refractivity contribution in [3.63, 3.8) is 0 Å². The summed E-state index contributed by atoms with van der Waals surface area (Å²) in [6.07, 6.45) is -0.622. The molecule has 0 fully saturated rings. The van der Waals surface area contributed by atoms with Crippen LogP contribution in [0.3, 0.4) is 0 Å². The van der Waals surface area contributed by atoms with E-state index < -0.39 is 18.4 Å². The van der Waals surface area contributed by atoms with Gasteiger partial charge in [0.05, 0.1) is 0 Å². The fourth-order valence-corrected chi connectivity index (χ4v) is 0.175. The summed E-state index contributed by atoms with van der Waals surface area (Å²) < 4.78 is 3.79. The van der Waals surface area contributed by atoms with E-state index in [1.165, 1.54) is 0 Å². The summed E-state index contributed by atoms with van der Waals surface area (Å²) in [5, 5.41) is 7.89. The summed E-state index contributed by atoms with van der Waals surface area (Å²) in [6, 6.07) is 0. The second-order valence-corrected chi connectivity index (χ2v) is 1.09. The topological polar surface area (TPSA) is 63.6 Å². The van der Waals surface area contributed by atoms with E-state index in [9.17, 15) is 9.59 Å². The molecule has 0 spiro atoms. The zero-order valence-corrected chi connectivity index (χ0v) is 8.79. The van der Waals surface area contributed by atoms with Crippen molar-refractivity contribution in [2.24, 2.45) is 0 Å². The molecule has 0 heterocycles. The molecule has 61 valence electrons. The van der Waals surface area contributed by atoms with Crippen LogP contribution in [0.15, 0.2) is 6.58 Å². The van der Waals surface area contributed by atoms with Gasteiger partial charge in [-0.15, -0.1) is 0 Å². The number of carbonyl (C=O) groups is 2. The molecule has 5 heteroatoms. The van der Waals surface area contributed by atoms with Gasteiger partial charge < -0.3 is 16.4 Å². The number of carboxylic acid groups (broad SMARTS) is 1. The molecule has 11 heavy (non-hydrogen) atoms. The predicted octanol–water partition coefficient (Wildman–Crippen LogP) is 0.399. The zero-order chi connectivity index (χ0) is 8.57. The molecule has 0 atom stereocenters. The van der Waals surface area contributed by atoms with Crippen molar-refractivity contribution in [3.05, 3.63) is 20.3 Å². The maximum absolute atomic E-state index is 9.96. The maximum atomic E-state index is 9.96. The minimum Gasteiger partial charge on any atom is -0.640 e. The Balaban J connectivity index is -0.000000196. The molecule has 0 aromatic rings. The minimum atomic E-state index is -1.21. The van der Waals surface area contributed by atoms with Crippen molar-refractivity contribution in [1.82, 2.24) is 0 Å². The number of hydrogen-bond donors (Lipinski definition) is 1. The Labute approximate surface area is 90.5 Å². The standard InChI is InChI=1S/C4H5O4.C2H3.Y/c1-8-4(7)2-3(5)6;1-2;/h1-2H2,(H,5,6);1H,2H2;/q2*-1;. The van der Waals surface area contributed by atoms with Gasteiger partial charge in [-0.05, 0) is 0 Å². The number of esters is 1. The molecule has 0 unspecified atom stereocenters. The van der Waals surface area contributed by atoms with E-state index in [0.717, 1.165) is 0 Å². The third-order valence-electron chi connectivity index (χ3n) is 0.457. The minimum absolute atomic E-state index is 0. The SMILES string of the molecule is [CH-]=C.[CH2-]OC(=O)CC(=O)O.[Y]. The van der Waals surface area contributed by atoms with Crippen molar-refractivity contribution < 1.29 is 52.1 Å². The largest absolute Gasteiger partial charge is 0.640 e. The Kier molecular flexibility index (Phi) is 19.3. The number of carboxylic acids is 1. The van der Waals surface area contributed by atoms with Gasteiger partial charge in [-0.3, -0.25) is 16.2 Å². The van der Waals surface area contributed by atoms with Crippen LogP contribution in [0.1, 0.15) is 6.42 Å². The van der Waals surface area contributed by atoms with E-state index in [1.807, 2.05) is 0 Å². The summed E-state index contributed by atoms with van der Waals surface area (Å²) >= 11 is 0. The molecule has 4 nitrogen and oxygen atoms in total. The molecular formula is C6H8O4Y-2. The second-order valence-electron chi connectivity index (χ2n) is 1.09. The van der Waals surface area contributed by atoms with E-state index >= 15 is 0 Å². The molecule has 0 saturated carbocycles. The predicted molar refractivity (Wildman–Crippen MR) is 33.6 cm³/mol. The van der Waals surface area contributed by atoms with E-state index in [4.69, 9.17) is 5.11 Å². The van der Waals surface area contributed by atoms with Crippen LogP contribution in [0.4, 0.5) is 0 Å². The Bertz CT molecular complexity index is 124. The van der Waals surface area contributed by atoms with Crippen molar-refractivity contribution in [2.45, 2.75) is 6.42 Å². The summed E-state index contributed by atoms with van der Waals surface area (Å²) in [7, 11) is 2.73. The van der Waals surface area contributed by atoms with Gasteiger partial charge in [0.1, 0.15) is 6.42 Å². The fourth-order valence-electron chi connectivity index (χ4n) is 0.175. The second kappa shape index (κ2) is 12.5. The molecule has 1 radical (unpaired) electrons. The van der Waals surface area contributed by atoms with Crippen molar-refractivity contribution >= 4 is 11.9 Å². The van der Waals surface area contributed by atoms with E-state index in [2.05, 4.69) is 25.0 Å². The first-order valence-electron chi connectivity index (χ1n) is 2.24. The Morgan fingerprint density at radius 1 is 1.55 bits per heavy atom. The maximum Gasteiger partial charge on any atom is 0.314 e. The van der Waals surface area contributed by atoms with Crippen LogP contribution in [0, 0.1) is 13.7 Å². The van der Waals surface area contributed by atoms with Crippen LogP contribution in [0.25, 0.3) is 0 Å². The Morgan fingerprint density at radius 2 is 1.91 bits per heavy atom. The molecule has 0 amide bonds. The summed E-state index contributed by atoms with van der Waals surface area (Å²) in [6.45, 7) is 7.00. The van der Waals surface area contributed by atoms with Crippen LogP contribution in [-0.4, -0.2) is 17.0 Å². The van der Waals surface area contributed by atoms with Gasteiger partial charge in [0.25, 0.3) is 5.97 Å². The van der Waals surface area contributed by atoms with Crippen molar-refractivity contribution in [2.75, 3.05) is 0 Å². The average Bonchev–Trinajstić information content (AvgIpc) is 1.91. The monoisotopic (exact) mass is 233 g/mol. The van der Waals surface area contributed by atoms with E-state index in [0.29, 0.717) is 0 Å². The molecule has 0 aliphatic carbocycles. The van der Waals surface area contributed by atoms with Gasteiger partial charge in [0, 0.05) is 32.7 Å². The van der Waals surface area contributed by atoms with Gasteiger partial charge in [-0.25, -0.2) is 0 Å². The molecule has 1 N–H and O–H groups in total. The van der Waals surface area contributed by atoms with Gasteiger partial charge in [0.15, 0.2) is 0 Å². The number of carbonyl (C=O) groups excluding carboxylic acids is 1. The average molecular weight is 233 g/mol. The van der Waals surface area contributed by atoms with Gasteiger partial charge in [0.2, 0.25) is 0 Å². The van der Waals surface area contributed by atoms with Gasteiger partial charge >= 0.3 is 5.97 Å². The quantitative estimate of drug-likeness (QED) is 0.426. The molecule has 0 aliphatic heterocycles. The summed E-state index contributed by atoms with van der Waals surface area (Å²) in [5.41, 5.74) is 0. The van der Waals surface area contributed by atoms with Crippen molar-refractivity contribution in [1.29, 1.82) is 0 Å². The molecule has 0 saturated heterocycles. The molecule has 0 aliphatic rings. The zero-order valence-electron chi connectivity index (χ0n) is 5.95. The van der Waals surface area contributed by atoms with Crippen LogP contribution in [0.2, 0.25) is 0 Å². The Morgan fingerprint density at radius 3 is 2.00 bits per heavy atom. The van der Waals surface area contributed by atoms with Crippen molar-refractivity contribution in [3.8, 4) is 0 Å². The smallest absolute Gasteiger partial charge is 0.314 e. The molecule has 0 bridgehead atoms. The summed E-state index contributed by atoms with van der Waals surface area (Å²) in [5.74, 6) is -2.05. The summed E-state index contributed by atoms with van der Waals surface area (Å²) in [4.78, 5) is 19.6. The molecular weight excluding hydrogens is 225 g/mol. The molecule has 0 aromatic heterocycles. The van der Waals surface area contributed by atoms with E-state index in [-0.39, 0.29) is 32.7 Å². The third kappa shape index (κ3) is 17.7. The van der Waals surface area contributed by atoms with Gasteiger partial charge in [-0.1, -0.05) is 0 Å². The van der Waals surface area contributed by atoms with Crippen LogP contribution >= 0.6 is 0 Å². The number of aliphatic carboxylic acids is 1. The molecule has 0 aromatic carbocycles. The van der Waals surface area contributed by atoms with Crippen LogP contribution in [0.5, 0.6) is 0 Å². The molecule has 0 rings (SSSR count). The number of ether oxygens (including phenoxy) is 1. The van der Waals surface area contributed by atoms with Gasteiger partial charge in [-0.2, -0.15) is 7.11 Å². The first-order valence-corrected chi connectivity index (χ1v) is 2.24.